The van der Waals surface area contributed by atoms with Crippen LogP contribution in [0.4, 0.5) is 0 Å². The normalized spacial score (nSPS) is 31.7. The second-order valence-corrected chi connectivity index (χ2v) is 5.51. The van der Waals surface area contributed by atoms with E-state index in [4.69, 9.17) is 14.2 Å². The van der Waals surface area contributed by atoms with E-state index in [0.717, 1.165) is 19.6 Å². The minimum absolute atomic E-state index is 0.154. The second kappa shape index (κ2) is 5.63. The Balaban J connectivity index is 2.31. The summed E-state index contributed by atoms with van der Waals surface area (Å²) >= 11 is 2.38. The highest BCUT2D eigenvalue weighted by Gasteiger charge is 2.30. The fourth-order valence-corrected chi connectivity index (χ4v) is 1.92. The van der Waals surface area contributed by atoms with Gasteiger partial charge in [0, 0.05) is 7.11 Å². The van der Waals surface area contributed by atoms with Crippen molar-refractivity contribution in [1.29, 1.82) is 0 Å². The van der Waals surface area contributed by atoms with Crippen LogP contribution in [0.5, 0.6) is 0 Å². The molecule has 0 aliphatic carbocycles. The van der Waals surface area contributed by atoms with Crippen LogP contribution in [0.2, 0.25) is 0 Å². The van der Waals surface area contributed by atoms with Gasteiger partial charge in [-0.05, 0) is 13.3 Å². The van der Waals surface area contributed by atoms with Gasteiger partial charge in [-0.2, -0.15) is 0 Å². The molecule has 1 aliphatic heterocycles. The van der Waals surface area contributed by atoms with Crippen LogP contribution in [0.1, 0.15) is 20.3 Å². The summed E-state index contributed by atoms with van der Waals surface area (Å²) in [6.45, 7) is 6.36. The van der Waals surface area contributed by atoms with E-state index >= 15 is 0 Å². The number of hydrogen-bond donors (Lipinski definition) is 0. The second-order valence-electron chi connectivity index (χ2n) is 3.91. The summed E-state index contributed by atoms with van der Waals surface area (Å²) in [6.07, 6.45) is 1.19. The van der Waals surface area contributed by atoms with Crippen molar-refractivity contribution in [1.82, 2.24) is 0 Å². The molecule has 0 aromatic rings. The molecule has 0 radical (unpaired) electrons. The van der Waals surface area contributed by atoms with Crippen molar-refractivity contribution >= 4 is 22.6 Å². The molecule has 1 rings (SSSR count). The quantitative estimate of drug-likeness (QED) is 0.574. The number of alkyl halides is 1. The average molecular weight is 314 g/mol. The van der Waals surface area contributed by atoms with Gasteiger partial charge in [0.1, 0.15) is 0 Å². The van der Waals surface area contributed by atoms with Crippen molar-refractivity contribution in [3.63, 3.8) is 0 Å². The zero-order valence-corrected chi connectivity index (χ0v) is 11.2. The molecule has 3 unspecified atom stereocenters. The number of methoxy groups -OCH3 is 1. The lowest BCUT2D eigenvalue weighted by Crippen LogP contribution is -2.36. The molecule has 0 N–H and O–H groups in total. The molecular weight excluding hydrogens is 295 g/mol. The Kier molecular flexibility index (Phi) is 5.10. The summed E-state index contributed by atoms with van der Waals surface area (Å²) in [4.78, 5) is 0. The Morgan fingerprint density at radius 2 is 2.21 bits per heavy atom. The van der Waals surface area contributed by atoms with Gasteiger partial charge in [-0.1, -0.05) is 29.5 Å². The third-order valence-corrected chi connectivity index (χ3v) is 3.97. The van der Waals surface area contributed by atoms with Crippen LogP contribution >= 0.6 is 22.6 Å². The van der Waals surface area contributed by atoms with Gasteiger partial charge in [0.05, 0.1) is 35.5 Å². The monoisotopic (exact) mass is 314 g/mol. The van der Waals surface area contributed by atoms with Crippen LogP contribution in [0, 0.1) is 0 Å². The van der Waals surface area contributed by atoms with E-state index in [-0.39, 0.29) is 11.7 Å². The molecule has 3 nitrogen and oxygen atoms in total. The first-order chi connectivity index (χ1) is 6.61. The number of ether oxygens (including phenoxy) is 3. The zero-order chi connectivity index (χ0) is 10.6. The van der Waals surface area contributed by atoms with Crippen molar-refractivity contribution in [2.75, 3.05) is 26.9 Å². The van der Waals surface area contributed by atoms with Crippen LogP contribution in [0.25, 0.3) is 0 Å². The zero-order valence-electron chi connectivity index (χ0n) is 9.09. The summed E-state index contributed by atoms with van der Waals surface area (Å²) in [5, 5.41) is 0. The maximum Gasteiger partial charge on any atom is 0.0949 e. The molecule has 0 amide bonds. The van der Waals surface area contributed by atoms with Gasteiger partial charge >= 0.3 is 0 Å². The van der Waals surface area contributed by atoms with Gasteiger partial charge in [-0.15, -0.1) is 0 Å². The molecule has 0 bridgehead atoms. The first-order valence-electron chi connectivity index (χ1n) is 5.00. The molecule has 0 aromatic heterocycles. The third-order valence-electron chi connectivity index (χ3n) is 2.81. The molecule has 1 aliphatic rings. The highest BCUT2D eigenvalue weighted by Crippen LogP contribution is 2.21. The summed E-state index contributed by atoms with van der Waals surface area (Å²) in [7, 11) is 1.74. The molecule has 14 heavy (non-hydrogen) atoms. The first kappa shape index (κ1) is 12.7. The van der Waals surface area contributed by atoms with Gasteiger partial charge < -0.3 is 14.2 Å². The number of halogens is 1. The summed E-state index contributed by atoms with van der Waals surface area (Å²) in [5.74, 6) is 0. The van der Waals surface area contributed by atoms with Crippen molar-refractivity contribution < 1.29 is 14.2 Å². The summed E-state index contributed by atoms with van der Waals surface area (Å²) in [6, 6.07) is 0. The van der Waals surface area contributed by atoms with Crippen LogP contribution in [0.3, 0.4) is 0 Å². The van der Waals surface area contributed by atoms with E-state index in [1.165, 1.54) is 0 Å². The van der Waals surface area contributed by atoms with Crippen LogP contribution in [0.15, 0.2) is 0 Å². The van der Waals surface area contributed by atoms with Crippen molar-refractivity contribution in [3.05, 3.63) is 0 Å². The molecule has 84 valence electrons. The molecule has 0 spiro atoms. The Morgan fingerprint density at radius 1 is 1.50 bits per heavy atom. The van der Waals surface area contributed by atoms with E-state index in [9.17, 15) is 0 Å². The van der Waals surface area contributed by atoms with E-state index < -0.39 is 0 Å². The van der Waals surface area contributed by atoms with Crippen LogP contribution in [-0.2, 0) is 14.2 Å². The van der Waals surface area contributed by atoms with Gasteiger partial charge in [0.2, 0.25) is 0 Å². The van der Waals surface area contributed by atoms with E-state index in [1.807, 2.05) is 0 Å². The largest absolute Gasteiger partial charge is 0.378 e. The molecule has 0 aromatic carbocycles. The minimum Gasteiger partial charge on any atom is -0.378 e. The molecule has 0 saturated carbocycles. The van der Waals surface area contributed by atoms with Gasteiger partial charge in [0.25, 0.3) is 0 Å². The molecule has 4 heteroatoms. The molecule has 1 fully saturated rings. The van der Waals surface area contributed by atoms with Crippen molar-refractivity contribution in [2.45, 2.75) is 35.9 Å². The lowest BCUT2D eigenvalue weighted by molar-refractivity contribution is -0.0857. The smallest absolute Gasteiger partial charge is 0.0949 e. The highest BCUT2D eigenvalue weighted by molar-refractivity contribution is 14.1. The Morgan fingerprint density at radius 3 is 2.64 bits per heavy atom. The van der Waals surface area contributed by atoms with E-state index in [1.54, 1.807) is 7.11 Å². The van der Waals surface area contributed by atoms with Gasteiger partial charge in [-0.25, -0.2) is 0 Å². The SMILES string of the molecule is CCC(C)(COC1COCC1I)OC. The Bertz CT molecular complexity index is 171. The Labute approximate surface area is 99.6 Å². The lowest BCUT2D eigenvalue weighted by atomic mass is 10.1. The highest BCUT2D eigenvalue weighted by atomic mass is 127. The fourth-order valence-electron chi connectivity index (χ4n) is 1.25. The fraction of sp³-hybridized carbons (Fsp3) is 1.00. The van der Waals surface area contributed by atoms with E-state index in [0.29, 0.717) is 10.5 Å². The van der Waals surface area contributed by atoms with Crippen LogP contribution < -0.4 is 0 Å². The lowest BCUT2D eigenvalue weighted by Gasteiger charge is -2.28. The number of hydrogen-bond acceptors (Lipinski definition) is 3. The minimum atomic E-state index is -0.154. The Hall–Kier alpha value is 0.610. The van der Waals surface area contributed by atoms with Gasteiger partial charge in [0.15, 0.2) is 0 Å². The van der Waals surface area contributed by atoms with Crippen molar-refractivity contribution in [3.8, 4) is 0 Å². The molecular formula is C10H19IO3. The number of rotatable bonds is 5. The molecule has 1 heterocycles. The molecule has 1 saturated heterocycles. The third kappa shape index (κ3) is 3.32. The predicted molar refractivity (Wildman–Crippen MR) is 64.1 cm³/mol. The van der Waals surface area contributed by atoms with Crippen molar-refractivity contribution in [2.24, 2.45) is 0 Å². The van der Waals surface area contributed by atoms with Gasteiger partial charge in [-0.3, -0.25) is 0 Å². The summed E-state index contributed by atoms with van der Waals surface area (Å²) in [5.41, 5.74) is -0.154. The molecule has 3 atom stereocenters. The summed E-state index contributed by atoms with van der Waals surface area (Å²) < 4.78 is 17.0. The first-order valence-corrected chi connectivity index (χ1v) is 6.24. The topological polar surface area (TPSA) is 27.7 Å². The maximum absolute atomic E-state index is 5.80. The predicted octanol–water partition coefficient (Wildman–Crippen LogP) is 2.02. The average Bonchev–Trinajstić information content (AvgIpc) is 2.61. The van der Waals surface area contributed by atoms with E-state index in [2.05, 4.69) is 36.4 Å². The standard InChI is InChI=1S/C10H19IO3/c1-4-10(2,12-3)7-14-9-6-13-5-8(9)11/h8-9H,4-7H2,1-3H3. The van der Waals surface area contributed by atoms with Crippen LogP contribution in [-0.4, -0.2) is 42.6 Å². The maximum atomic E-state index is 5.80.